The first-order valence-corrected chi connectivity index (χ1v) is 27.8. The van der Waals surface area contributed by atoms with E-state index in [0.717, 1.165) is 61.4 Å². The van der Waals surface area contributed by atoms with Gasteiger partial charge in [0.05, 0.1) is 16.7 Å². The number of hydrogen-bond donors (Lipinski definition) is 0. The van der Waals surface area contributed by atoms with Crippen molar-refractivity contribution in [3.05, 3.63) is 261 Å². The second-order valence-electron chi connectivity index (χ2n) is 19.9. The van der Waals surface area contributed by atoms with Crippen molar-refractivity contribution >= 4 is 89.9 Å². The van der Waals surface area contributed by atoms with Gasteiger partial charge >= 0.3 is 0 Å². The van der Waals surface area contributed by atoms with Crippen LogP contribution >= 0.6 is 0 Å². The minimum atomic E-state index is -3.13. The lowest BCUT2D eigenvalue weighted by Gasteiger charge is -2.43. The average molecular weight is 986 g/mol. The minimum Gasteiger partial charge on any atom is -0.456 e. The van der Waals surface area contributed by atoms with Crippen LogP contribution in [0.25, 0.3) is 106 Å². The molecule has 2 aliphatic rings. The quantitative estimate of drug-likeness (QED) is 0.155. The van der Waals surface area contributed by atoms with Gasteiger partial charge in [-0.2, -0.15) is 9.97 Å². The van der Waals surface area contributed by atoms with Gasteiger partial charge < -0.3 is 8.98 Å². The summed E-state index contributed by atoms with van der Waals surface area (Å²) >= 11 is 0. The van der Waals surface area contributed by atoms with Crippen molar-refractivity contribution in [3.8, 4) is 61.8 Å². The molecule has 2 aliphatic heterocycles. The van der Waals surface area contributed by atoms with Crippen LogP contribution in [-0.2, 0) is 0 Å². The number of anilines is 3. The summed E-state index contributed by atoms with van der Waals surface area (Å²) in [6.45, 7) is 0. The number of para-hydroxylation sites is 3. The van der Waals surface area contributed by atoms with Crippen LogP contribution in [0, 0.1) is 0 Å². The topological polar surface area (TPSA) is 60.0 Å². The molecule has 76 heavy (non-hydrogen) atoms. The van der Waals surface area contributed by atoms with Gasteiger partial charge in [0.2, 0.25) is 5.95 Å². The monoisotopic (exact) mass is 985 g/mol. The zero-order chi connectivity index (χ0) is 49.9. The second kappa shape index (κ2) is 16.5. The highest BCUT2D eigenvalue weighted by molar-refractivity contribution is 7.23. The highest BCUT2D eigenvalue weighted by atomic mass is 28.3. The summed E-state index contributed by atoms with van der Waals surface area (Å²) in [4.78, 5) is 18.4. The molecule has 0 bridgehead atoms. The first-order valence-electron chi connectivity index (χ1n) is 25.8. The third-order valence-electron chi connectivity index (χ3n) is 15.9. The fourth-order valence-corrected chi connectivity index (χ4v) is 18.1. The molecular formula is C69H43N5OSi. The van der Waals surface area contributed by atoms with Crippen LogP contribution in [0.3, 0.4) is 0 Å². The van der Waals surface area contributed by atoms with Crippen LogP contribution in [0.15, 0.2) is 265 Å². The van der Waals surface area contributed by atoms with E-state index in [1.165, 1.54) is 64.7 Å². The normalized spacial score (nSPS) is 14.3. The van der Waals surface area contributed by atoms with Gasteiger partial charge in [0.15, 0.2) is 19.7 Å². The molecule has 5 heterocycles. The van der Waals surface area contributed by atoms with Crippen molar-refractivity contribution in [2.45, 2.75) is 0 Å². The van der Waals surface area contributed by atoms with Crippen LogP contribution < -0.4 is 25.6 Å². The smallest absolute Gasteiger partial charge is 0.238 e. The SMILES string of the molecule is c1ccc(-c2ccc(-n3c4ccccc4c4cc(-c5ccc6c(c5)N(c5nc(-c7ccccc7)nc(-c7ccccc7)n5)c5ccccc5[Si]65c6ccccc6-c6c5ccc5oc7ccccc7c65)ccc43)cc2)cc1. The molecule has 11 aromatic carbocycles. The summed E-state index contributed by atoms with van der Waals surface area (Å²) in [5.74, 6) is 1.78. The summed E-state index contributed by atoms with van der Waals surface area (Å²) in [5.41, 5.74) is 16.3. The van der Waals surface area contributed by atoms with Gasteiger partial charge in [-0.15, -0.1) is 0 Å². The van der Waals surface area contributed by atoms with E-state index in [2.05, 4.69) is 234 Å². The molecule has 7 heteroatoms. The summed E-state index contributed by atoms with van der Waals surface area (Å²) < 4.78 is 9.03. The Kier molecular flexibility index (Phi) is 9.25. The molecule has 0 saturated carbocycles. The Morgan fingerprint density at radius 2 is 0.895 bits per heavy atom. The molecule has 3 aromatic heterocycles. The number of aromatic nitrogens is 4. The first-order chi connectivity index (χ1) is 37.7. The van der Waals surface area contributed by atoms with E-state index in [9.17, 15) is 0 Å². The first kappa shape index (κ1) is 42.5. The molecule has 354 valence electrons. The molecule has 0 fully saturated rings. The molecular weight excluding hydrogens is 943 g/mol. The van der Waals surface area contributed by atoms with Crippen LogP contribution in [0.2, 0.25) is 0 Å². The molecule has 0 N–H and O–H groups in total. The van der Waals surface area contributed by atoms with Crippen LogP contribution in [0.1, 0.15) is 0 Å². The highest BCUT2D eigenvalue weighted by Gasteiger charge is 2.55. The Morgan fingerprint density at radius 3 is 1.66 bits per heavy atom. The van der Waals surface area contributed by atoms with Gasteiger partial charge in [-0.1, -0.05) is 206 Å². The molecule has 1 unspecified atom stereocenters. The van der Waals surface area contributed by atoms with Crippen LogP contribution in [0.4, 0.5) is 17.3 Å². The van der Waals surface area contributed by atoms with E-state index in [1.54, 1.807) is 0 Å². The molecule has 16 rings (SSSR count). The molecule has 1 spiro atoms. The molecule has 0 aliphatic carbocycles. The van der Waals surface area contributed by atoms with Crippen molar-refractivity contribution in [2.24, 2.45) is 0 Å². The fourth-order valence-electron chi connectivity index (χ4n) is 12.6. The summed E-state index contributed by atoms with van der Waals surface area (Å²) in [6, 6.07) is 94.2. The van der Waals surface area contributed by atoms with E-state index in [1.807, 2.05) is 36.4 Å². The zero-order valence-corrected chi connectivity index (χ0v) is 42.0. The predicted octanol–water partition coefficient (Wildman–Crippen LogP) is 14.7. The van der Waals surface area contributed by atoms with Gasteiger partial charge in [-0.25, -0.2) is 4.98 Å². The Labute approximate surface area is 439 Å². The van der Waals surface area contributed by atoms with Gasteiger partial charge in [0.1, 0.15) is 11.2 Å². The van der Waals surface area contributed by atoms with Gasteiger partial charge in [-0.05, 0) is 109 Å². The zero-order valence-electron chi connectivity index (χ0n) is 41.0. The third kappa shape index (κ3) is 6.17. The lowest BCUT2D eigenvalue weighted by molar-refractivity contribution is 0.669. The number of benzene rings is 11. The average Bonchev–Trinajstić information content (AvgIpc) is 4.34. The number of fused-ring (bicyclic) bond motifs is 16. The molecule has 6 nitrogen and oxygen atoms in total. The van der Waals surface area contributed by atoms with Crippen molar-refractivity contribution < 1.29 is 4.42 Å². The molecule has 14 aromatic rings. The highest BCUT2D eigenvalue weighted by Crippen LogP contribution is 2.46. The van der Waals surface area contributed by atoms with Crippen molar-refractivity contribution in [3.63, 3.8) is 0 Å². The number of rotatable bonds is 6. The largest absolute Gasteiger partial charge is 0.456 e. The molecule has 0 amide bonds. The molecule has 0 saturated heterocycles. The molecule has 0 radical (unpaired) electrons. The van der Waals surface area contributed by atoms with E-state index in [4.69, 9.17) is 19.4 Å². The summed E-state index contributed by atoms with van der Waals surface area (Å²) in [5, 5.41) is 9.96. The maximum Gasteiger partial charge on any atom is 0.238 e. The lowest BCUT2D eigenvalue weighted by Crippen LogP contribution is -2.75. The standard InChI is InChI=1S/C69H43N5OSi/c1-4-18-44(19-5-1)45-32-36-50(37-33-45)73-55-27-13-10-24-51(55)54-42-48(34-38-56(54)73)49-35-40-63-58(43-49)74(69-71-67(46-20-6-2-7-21-46)70-68(72-69)47-22-8-3-9-23-47)57-28-14-17-31-62(57)76(63)61-30-16-12-26-53(61)66-64(76)41-39-60-65(66)52-25-11-15-29-59(52)75-60/h1-43H. The van der Waals surface area contributed by atoms with Crippen LogP contribution in [-0.4, -0.2) is 27.6 Å². The predicted molar refractivity (Wildman–Crippen MR) is 314 cm³/mol. The number of hydrogen-bond acceptors (Lipinski definition) is 5. The lowest BCUT2D eigenvalue weighted by atomic mass is 10.00. The van der Waals surface area contributed by atoms with Gasteiger partial charge in [-0.3, -0.25) is 4.90 Å². The van der Waals surface area contributed by atoms with Crippen molar-refractivity contribution in [1.29, 1.82) is 0 Å². The Balaban J connectivity index is 0.958. The third-order valence-corrected chi connectivity index (χ3v) is 20.8. The number of furan rings is 1. The fraction of sp³-hybridized carbons (Fsp3) is 0. The Morgan fingerprint density at radius 1 is 0.342 bits per heavy atom. The maximum atomic E-state index is 6.63. The van der Waals surface area contributed by atoms with E-state index in [0.29, 0.717) is 17.6 Å². The summed E-state index contributed by atoms with van der Waals surface area (Å²) in [6.07, 6.45) is 0. The van der Waals surface area contributed by atoms with E-state index in [-0.39, 0.29) is 0 Å². The second-order valence-corrected chi connectivity index (χ2v) is 23.5. The Hall–Kier alpha value is -9.95. The van der Waals surface area contributed by atoms with Crippen molar-refractivity contribution in [2.75, 3.05) is 4.90 Å². The van der Waals surface area contributed by atoms with Gasteiger partial charge in [0, 0.05) is 44.0 Å². The Bertz CT molecular complexity index is 4590. The minimum absolute atomic E-state index is 0.557. The summed E-state index contributed by atoms with van der Waals surface area (Å²) in [7, 11) is -3.13. The van der Waals surface area contributed by atoms with Crippen LogP contribution in [0.5, 0.6) is 0 Å². The molecule has 1 atom stereocenters. The van der Waals surface area contributed by atoms with E-state index >= 15 is 0 Å². The van der Waals surface area contributed by atoms with Crippen molar-refractivity contribution in [1.82, 2.24) is 19.5 Å². The van der Waals surface area contributed by atoms with Gasteiger partial charge in [0.25, 0.3) is 0 Å². The number of nitrogens with zero attached hydrogens (tertiary/aromatic N) is 5. The van der Waals surface area contributed by atoms with E-state index < -0.39 is 8.07 Å². The maximum absolute atomic E-state index is 6.63.